The summed E-state index contributed by atoms with van der Waals surface area (Å²) < 4.78 is 0. The maximum absolute atomic E-state index is 2.50. The molecule has 0 aliphatic heterocycles. The van der Waals surface area contributed by atoms with Crippen molar-refractivity contribution in [1.29, 1.82) is 0 Å². The molecule has 0 spiro atoms. The van der Waals surface area contributed by atoms with Crippen LogP contribution >= 0.6 is 0 Å². The molecule has 0 heterocycles. The Hall–Kier alpha value is 0. The topological polar surface area (TPSA) is 0 Å². The SMILES string of the molecule is CCCCCCCCCCCCC(C)CCCCCCCCCCCCCCCCCCCCCC(C)C. The van der Waals surface area contributed by atoms with Gasteiger partial charge in [-0.1, -0.05) is 233 Å². The van der Waals surface area contributed by atoms with E-state index < -0.39 is 0 Å². The molecule has 0 aliphatic carbocycles. The summed E-state index contributed by atoms with van der Waals surface area (Å²) in [5, 5.41) is 0. The fourth-order valence-corrected chi connectivity index (χ4v) is 6.18. The molecule has 0 aromatic carbocycles. The zero-order valence-electron chi connectivity index (χ0n) is 27.8. The van der Waals surface area contributed by atoms with Gasteiger partial charge >= 0.3 is 0 Å². The van der Waals surface area contributed by atoms with Gasteiger partial charge < -0.3 is 0 Å². The molecule has 0 nitrogen and oxygen atoms in total. The molecule has 0 aromatic heterocycles. The zero-order chi connectivity index (χ0) is 27.8. The summed E-state index contributed by atoms with van der Waals surface area (Å²) in [4.78, 5) is 0. The van der Waals surface area contributed by atoms with Crippen LogP contribution in [0.15, 0.2) is 0 Å². The first-order valence-corrected chi connectivity index (χ1v) is 18.7. The molecule has 0 rings (SSSR count). The largest absolute Gasteiger partial charge is 0.0654 e. The van der Waals surface area contributed by atoms with E-state index in [-0.39, 0.29) is 0 Å². The molecule has 0 N–H and O–H groups in total. The van der Waals surface area contributed by atoms with Crippen molar-refractivity contribution in [2.45, 2.75) is 233 Å². The van der Waals surface area contributed by atoms with Crippen LogP contribution in [0.1, 0.15) is 233 Å². The third-order valence-electron chi connectivity index (χ3n) is 9.03. The summed E-state index contributed by atoms with van der Waals surface area (Å²) in [6.07, 6.45) is 47.3. The van der Waals surface area contributed by atoms with Gasteiger partial charge in [0.2, 0.25) is 0 Å². The van der Waals surface area contributed by atoms with Gasteiger partial charge in [-0.2, -0.15) is 0 Å². The highest BCUT2D eigenvalue weighted by atomic mass is 14.1. The van der Waals surface area contributed by atoms with Crippen LogP contribution in [0.5, 0.6) is 0 Å². The summed E-state index contributed by atoms with van der Waals surface area (Å²) in [6.45, 7) is 9.51. The Labute approximate surface area is 244 Å². The van der Waals surface area contributed by atoms with Gasteiger partial charge in [0.25, 0.3) is 0 Å². The first-order valence-electron chi connectivity index (χ1n) is 18.7. The van der Waals surface area contributed by atoms with E-state index >= 15 is 0 Å². The third kappa shape index (κ3) is 34.0. The Balaban J connectivity index is 3.12. The Morgan fingerprint density at radius 3 is 0.711 bits per heavy atom. The molecule has 0 heteroatoms. The van der Waals surface area contributed by atoms with Crippen molar-refractivity contribution in [3.8, 4) is 0 Å². The minimum Gasteiger partial charge on any atom is -0.0654 e. The van der Waals surface area contributed by atoms with Gasteiger partial charge in [-0.05, 0) is 11.8 Å². The first-order chi connectivity index (χ1) is 18.7. The number of hydrogen-bond donors (Lipinski definition) is 0. The van der Waals surface area contributed by atoms with Crippen LogP contribution in [0.4, 0.5) is 0 Å². The van der Waals surface area contributed by atoms with Gasteiger partial charge in [-0.25, -0.2) is 0 Å². The second kappa shape index (κ2) is 33.2. The van der Waals surface area contributed by atoms with Crippen LogP contribution in [-0.4, -0.2) is 0 Å². The minimum absolute atomic E-state index is 0.896. The summed E-state index contributed by atoms with van der Waals surface area (Å²) in [5.74, 6) is 1.86. The minimum atomic E-state index is 0.896. The molecule has 0 aromatic rings. The lowest BCUT2D eigenvalue weighted by Crippen LogP contribution is -1.95. The van der Waals surface area contributed by atoms with E-state index in [0.717, 1.165) is 11.8 Å². The molecule has 0 amide bonds. The maximum atomic E-state index is 2.50. The lowest BCUT2D eigenvalue weighted by Gasteiger charge is -2.11. The predicted octanol–water partition coefficient (Wildman–Crippen LogP) is 14.8. The van der Waals surface area contributed by atoms with E-state index in [4.69, 9.17) is 0 Å². The van der Waals surface area contributed by atoms with Crippen molar-refractivity contribution in [3.63, 3.8) is 0 Å². The van der Waals surface area contributed by atoms with Gasteiger partial charge in [0.05, 0.1) is 0 Å². The number of unbranched alkanes of at least 4 members (excludes halogenated alkanes) is 27. The average molecular weight is 535 g/mol. The van der Waals surface area contributed by atoms with Crippen LogP contribution in [0.3, 0.4) is 0 Å². The molecule has 0 saturated carbocycles. The Bertz CT molecular complexity index is 397. The molecule has 230 valence electrons. The molecular formula is C38H78. The summed E-state index contributed by atoms with van der Waals surface area (Å²) in [6, 6.07) is 0. The van der Waals surface area contributed by atoms with Gasteiger partial charge in [-0.15, -0.1) is 0 Å². The van der Waals surface area contributed by atoms with Crippen molar-refractivity contribution in [3.05, 3.63) is 0 Å². The highest BCUT2D eigenvalue weighted by Gasteiger charge is 2.02. The van der Waals surface area contributed by atoms with E-state index in [1.165, 1.54) is 205 Å². The Morgan fingerprint density at radius 1 is 0.263 bits per heavy atom. The van der Waals surface area contributed by atoms with Gasteiger partial charge in [0.15, 0.2) is 0 Å². The Kier molecular flexibility index (Phi) is 33.2. The van der Waals surface area contributed by atoms with Crippen molar-refractivity contribution >= 4 is 0 Å². The van der Waals surface area contributed by atoms with Gasteiger partial charge in [-0.3, -0.25) is 0 Å². The molecule has 0 bridgehead atoms. The number of rotatable bonds is 33. The maximum Gasteiger partial charge on any atom is -0.0443 e. The first kappa shape index (κ1) is 38.0. The summed E-state index contributed by atoms with van der Waals surface area (Å²) >= 11 is 0. The lowest BCUT2D eigenvalue weighted by molar-refractivity contribution is 0.429. The summed E-state index contributed by atoms with van der Waals surface area (Å²) in [5.41, 5.74) is 0. The van der Waals surface area contributed by atoms with Crippen LogP contribution in [0, 0.1) is 11.8 Å². The van der Waals surface area contributed by atoms with Crippen LogP contribution in [-0.2, 0) is 0 Å². The fraction of sp³-hybridized carbons (Fsp3) is 1.00. The number of hydrogen-bond acceptors (Lipinski definition) is 0. The highest BCUT2D eigenvalue weighted by molar-refractivity contribution is 4.57. The van der Waals surface area contributed by atoms with Gasteiger partial charge in [0, 0.05) is 0 Å². The van der Waals surface area contributed by atoms with Crippen molar-refractivity contribution in [2.75, 3.05) is 0 Å². The molecule has 0 radical (unpaired) electrons. The second-order valence-corrected chi connectivity index (χ2v) is 13.8. The van der Waals surface area contributed by atoms with Crippen molar-refractivity contribution in [2.24, 2.45) is 11.8 Å². The molecule has 1 unspecified atom stereocenters. The fourth-order valence-electron chi connectivity index (χ4n) is 6.18. The smallest absolute Gasteiger partial charge is 0.0443 e. The van der Waals surface area contributed by atoms with Crippen LogP contribution < -0.4 is 0 Å². The van der Waals surface area contributed by atoms with E-state index in [9.17, 15) is 0 Å². The van der Waals surface area contributed by atoms with E-state index in [0.29, 0.717) is 0 Å². The molecule has 38 heavy (non-hydrogen) atoms. The molecule has 0 saturated heterocycles. The molecule has 0 aliphatic rings. The monoisotopic (exact) mass is 535 g/mol. The normalized spacial score (nSPS) is 12.6. The predicted molar refractivity (Wildman–Crippen MR) is 177 cm³/mol. The van der Waals surface area contributed by atoms with E-state index in [1.54, 1.807) is 0 Å². The molecule has 0 fully saturated rings. The van der Waals surface area contributed by atoms with Gasteiger partial charge in [0.1, 0.15) is 0 Å². The third-order valence-corrected chi connectivity index (χ3v) is 9.03. The summed E-state index contributed by atoms with van der Waals surface area (Å²) in [7, 11) is 0. The highest BCUT2D eigenvalue weighted by Crippen LogP contribution is 2.20. The molecule has 1 atom stereocenters. The average Bonchev–Trinajstić information content (AvgIpc) is 2.90. The molecular weight excluding hydrogens is 456 g/mol. The van der Waals surface area contributed by atoms with Crippen molar-refractivity contribution < 1.29 is 0 Å². The quantitative estimate of drug-likeness (QED) is 0.0734. The van der Waals surface area contributed by atoms with Crippen molar-refractivity contribution in [1.82, 2.24) is 0 Å². The standard InChI is InChI=1S/C38H78/c1-5-6-7-8-9-10-23-26-29-32-35-38(4)36-33-30-27-24-21-19-17-15-13-11-12-14-16-18-20-22-25-28-31-34-37(2)3/h37-38H,5-36H2,1-4H3. The second-order valence-electron chi connectivity index (χ2n) is 13.8. The van der Waals surface area contributed by atoms with E-state index in [1.807, 2.05) is 0 Å². The zero-order valence-corrected chi connectivity index (χ0v) is 27.8. The van der Waals surface area contributed by atoms with Crippen LogP contribution in [0.25, 0.3) is 0 Å². The van der Waals surface area contributed by atoms with E-state index in [2.05, 4.69) is 27.7 Å². The van der Waals surface area contributed by atoms with Crippen LogP contribution in [0.2, 0.25) is 0 Å². The lowest BCUT2D eigenvalue weighted by atomic mass is 9.95. The Morgan fingerprint density at radius 2 is 0.474 bits per heavy atom.